The highest BCUT2D eigenvalue weighted by Gasteiger charge is 2.22. The van der Waals surface area contributed by atoms with Crippen molar-refractivity contribution >= 4 is 17.4 Å². The summed E-state index contributed by atoms with van der Waals surface area (Å²) < 4.78 is 5.31. The maximum Gasteiger partial charge on any atom is 0.149 e. The second-order valence-corrected chi connectivity index (χ2v) is 5.63. The number of benzene rings is 1. The molecule has 21 heavy (non-hydrogen) atoms. The van der Waals surface area contributed by atoms with Crippen LogP contribution in [0.3, 0.4) is 0 Å². The molecule has 5 heteroatoms. The van der Waals surface area contributed by atoms with E-state index >= 15 is 0 Å². The van der Waals surface area contributed by atoms with Crippen molar-refractivity contribution < 1.29 is 4.74 Å². The molecule has 0 radical (unpaired) electrons. The van der Waals surface area contributed by atoms with Crippen LogP contribution < -0.4 is 9.64 Å². The molecule has 110 valence electrons. The third-order valence-electron chi connectivity index (χ3n) is 3.98. The first kappa shape index (κ1) is 14.1. The van der Waals surface area contributed by atoms with Crippen LogP contribution in [-0.2, 0) is 0 Å². The second-order valence-electron chi connectivity index (χ2n) is 5.24. The summed E-state index contributed by atoms with van der Waals surface area (Å²) in [5.41, 5.74) is 1.35. The zero-order valence-electron chi connectivity index (χ0n) is 12.0. The summed E-state index contributed by atoms with van der Waals surface area (Å²) >= 11 is 5.91. The summed E-state index contributed by atoms with van der Waals surface area (Å²) in [5, 5.41) is 0.447. The molecule has 1 saturated heterocycles. The molecule has 1 aromatic heterocycles. The van der Waals surface area contributed by atoms with Gasteiger partial charge in [0.25, 0.3) is 0 Å². The van der Waals surface area contributed by atoms with Crippen molar-refractivity contribution in [2.45, 2.75) is 18.8 Å². The average molecular weight is 304 g/mol. The molecular weight excluding hydrogens is 286 g/mol. The quantitative estimate of drug-likeness (QED) is 0.869. The van der Waals surface area contributed by atoms with Gasteiger partial charge in [0.05, 0.1) is 19.5 Å². The molecule has 0 N–H and O–H groups in total. The van der Waals surface area contributed by atoms with Crippen LogP contribution in [0.1, 0.15) is 24.3 Å². The average Bonchev–Trinajstić information content (AvgIpc) is 2.55. The van der Waals surface area contributed by atoms with Gasteiger partial charge >= 0.3 is 0 Å². The topological polar surface area (TPSA) is 38.2 Å². The number of piperidine rings is 1. The first-order valence-corrected chi connectivity index (χ1v) is 7.50. The van der Waals surface area contributed by atoms with Crippen LogP contribution in [0.4, 0.5) is 5.82 Å². The largest absolute Gasteiger partial charge is 0.497 e. The Labute approximate surface area is 129 Å². The van der Waals surface area contributed by atoms with Crippen LogP contribution in [0.2, 0.25) is 5.15 Å². The Hall–Kier alpha value is -1.81. The summed E-state index contributed by atoms with van der Waals surface area (Å²) in [6, 6.07) is 8.37. The minimum absolute atomic E-state index is 0.447. The van der Waals surface area contributed by atoms with Gasteiger partial charge in [-0.1, -0.05) is 23.7 Å². The Morgan fingerprint density at radius 3 is 2.76 bits per heavy atom. The van der Waals surface area contributed by atoms with Crippen molar-refractivity contribution in [3.63, 3.8) is 0 Å². The molecule has 0 atom stereocenters. The van der Waals surface area contributed by atoms with E-state index in [0.717, 1.165) is 37.5 Å². The molecule has 1 aliphatic heterocycles. The van der Waals surface area contributed by atoms with Gasteiger partial charge in [-0.15, -0.1) is 0 Å². The zero-order valence-corrected chi connectivity index (χ0v) is 12.8. The van der Waals surface area contributed by atoms with Crippen LogP contribution in [-0.4, -0.2) is 30.2 Å². The number of hydrogen-bond acceptors (Lipinski definition) is 4. The number of ether oxygens (including phenoxy) is 1. The molecule has 1 fully saturated rings. The van der Waals surface area contributed by atoms with E-state index in [9.17, 15) is 0 Å². The number of hydrogen-bond donors (Lipinski definition) is 0. The Kier molecular flexibility index (Phi) is 4.25. The highest BCUT2D eigenvalue weighted by molar-refractivity contribution is 6.29. The van der Waals surface area contributed by atoms with E-state index in [1.54, 1.807) is 19.5 Å². The molecule has 0 amide bonds. The van der Waals surface area contributed by atoms with Crippen molar-refractivity contribution in [2.24, 2.45) is 0 Å². The maximum atomic E-state index is 5.91. The van der Waals surface area contributed by atoms with E-state index < -0.39 is 0 Å². The number of halogens is 1. The fourth-order valence-electron chi connectivity index (χ4n) is 2.82. The molecule has 0 bridgehead atoms. The first-order valence-electron chi connectivity index (χ1n) is 7.12. The van der Waals surface area contributed by atoms with Crippen LogP contribution in [0.5, 0.6) is 5.75 Å². The fraction of sp³-hybridized carbons (Fsp3) is 0.375. The summed E-state index contributed by atoms with van der Waals surface area (Å²) in [6.45, 7) is 1.94. The third kappa shape index (κ3) is 3.27. The summed E-state index contributed by atoms with van der Waals surface area (Å²) in [5.74, 6) is 2.37. The number of nitrogens with zero attached hydrogens (tertiary/aromatic N) is 3. The van der Waals surface area contributed by atoms with E-state index in [1.165, 1.54) is 5.56 Å². The standard InChI is InChI=1S/C16H18ClN3O/c1-21-14-4-2-3-13(9-14)12-5-7-20(8-6-12)16-11-18-10-15(17)19-16/h2-4,9-12H,5-8H2,1H3. The predicted molar refractivity (Wildman–Crippen MR) is 84.2 cm³/mol. The van der Waals surface area contributed by atoms with Gasteiger partial charge in [-0.3, -0.25) is 4.98 Å². The van der Waals surface area contributed by atoms with Crippen molar-refractivity contribution in [1.29, 1.82) is 0 Å². The van der Waals surface area contributed by atoms with Crippen LogP contribution in [0.15, 0.2) is 36.7 Å². The van der Waals surface area contributed by atoms with E-state index in [4.69, 9.17) is 16.3 Å². The van der Waals surface area contributed by atoms with Gasteiger partial charge in [0.1, 0.15) is 16.7 Å². The van der Waals surface area contributed by atoms with Crippen LogP contribution in [0.25, 0.3) is 0 Å². The number of aromatic nitrogens is 2. The molecule has 2 heterocycles. The lowest BCUT2D eigenvalue weighted by molar-refractivity contribution is 0.412. The summed E-state index contributed by atoms with van der Waals surface area (Å²) in [6.07, 6.45) is 5.54. The normalized spacial score (nSPS) is 16.0. The van der Waals surface area contributed by atoms with Crippen LogP contribution in [0, 0.1) is 0 Å². The minimum Gasteiger partial charge on any atom is -0.497 e. The molecule has 1 aromatic carbocycles. The number of anilines is 1. The molecule has 0 saturated carbocycles. The first-order chi connectivity index (χ1) is 10.3. The molecule has 0 spiro atoms. The molecular formula is C16H18ClN3O. The highest BCUT2D eigenvalue weighted by Crippen LogP contribution is 2.31. The van der Waals surface area contributed by atoms with Crippen molar-refractivity contribution in [3.8, 4) is 5.75 Å². The fourth-order valence-corrected chi connectivity index (χ4v) is 2.97. The number of methoxy groups -OCH3 is 1. The minimum atomic E-state index is 0.447. The second kappa shape index (κ2) is 6.31. The van der Waals surface area contributed by atoms with Gasteiger partial charge < -0.3 is 9.64 Å². The SMILES string of the molecule is COc1cccc(C2CCN(c3cncc(Cl)n3)CC2)c1. The van der Waals surface area contributed by atoms with Gasteiger partial charge in [0.15, 0.2) is 0 Å². The van der Waals surface area contributed by atoms with Gasteiger partial charge in [0, 0.05) is 13.1 Å². The monoisotopic (exact) mass is 303 g/mol. The van der Waals surface area contributed by atoms with Crippen molar-refractivity contribution in [1.82, 2.24) is 9.97 Å². The Morgan fingerprint density at radius 2 is 2.05 bits per heavy atom. The predicted octanol–water partition coefficient (Wildman–Crippen LogP) is 3.52. The Bertz CT molecular complexity index is 612. The Balaban J connectivity index is 1.67. The van der Waals surface area contributed by atoms with Gasteiger partial charge in [-0.05, 0) is 36.5 Å². The maximum absolute atomic E-state index is 5.91. The van der Waals surface area contributed by atoms with Gasteiger partial charge in [-0.2, -0.15) is 0 Å². The van der Waals surface area contributed by atoms with E-state index in [2.05, 4.69) is 33.1 Å². The molecule has 4 nitrogen and oxygen atoms in total. The zero-order chi connectivity index (χ0) is 14.7. The lowest BCUT2D eigenvalue weighted by atomic mass is 9.89. The molecule has 2 aromatic rings. The number of rotatable bonds is 3. The molecule has 3 rings (SSSR count). The van der Waals surface area contributed by atoms with Crippen molar-refractivity contribution in [2.75, 3.05) is 25.1 Å². The third-order valence-corrected chi connectivity index (χ3v) is 4.16. The van der Waals surface area contributed by atoms with E-state index in [-0.39, 0.29) is 0 Å². The van der Waals surface area contributed by atoms with Crippen LogP contribution >= 0.6 is 11.6 Å². The van der Waals surface area contributed by atoms with Gasteiger partial charge in [-0.25, -0.2) is 4.98 Å². The molecule has 0 aliphatic carbocycles. The van der Waals surface area contributed by atoms with E-state index in [0.29, 0.717) is 11.1 Å². The molecule has 1 aliphatic rings. The Morgan fingerprint density at radius 1 is 1.24 bits per heavy atom. The summed E-state index contributed by atoms with van der Waals surface area (Å²) in [7, 11) is 1.71. The van der Waals surface area contributed by atoms with Gasteiger partial charge in [0.2, 0.25) is 0 Å². The summed E-state index contributed by atoms with van der Waals surface area (Å²) in [4.78, 5) is 10.7. The smallest absolute Gasteiger partial charge is 0.149 e. The lowest BCUT2D eigenvalue weighted by Gasteiger charge is -2.32. The lowest BCUT2D eigenvalue weighted by Crippen LogP contribution is -2.33. The molecule has 0 unspecified atom stereocenters. The van der Waals surface area contributed by atoms with E-state index in [1.807, 2.05) is 6.07 Å². The van der Waals surface area contributed by atoms with Crippen molar-refractivity contribution in [3.05, 3.63) is 47.4 Å². The highest BCUT2D eigenvalue weighted by atomic mass is 35.5.